The minimum atomic E-state index is -0.954. The summed E-state index contributed by atoms with van der Waals surface area (Å²) in [7, 11) is 0. The molecule has 0 aromatic heterocycles. The third kappa shape index (κ3) is 11.3. The molecule has 8 heteroatoms. The highest BCUT2D eigenvalue weighted by Crippen LogP contribution is 2.18. The van der Waals surface area contributed by atoms with E-state index in [0.29, 0.717) is 24.5 Å². The number of ether oxygens (including phenoxy) is 2. The highest BCUT2D eigenvalue weighted by molar-refractivity contribution is 5.95. The predicted octanol–water partition coefficient (Wildman–Crippen LogP) is 6.18. The first-order valence-electron chi connectivity index (χ1n) is 14.3. The molecule has 3 aromatic rings. The van der Waals surface area contributed by atoms with Gasteiger partial charge in [0.05, 0.1) is 0 Å². The lowest BCUT2D eigenvalue weighted by molar-refractivity contribution is -0.158. The van der Waals surface area contributed by atoms with Gasteiger partial charge < -0.3 is 25.4 Å². The van der Waals surface area contributed by atoms with Gasteiger partial charge in [-0.1, -0.05) is 74.0 Å². The van der Waals surface area contributed by atoms with Crippen LogP contribution in [-0.4, -0.2) is 35.6 Å². The molecule has 0 saturated carbocycles. The van der Waals surface area contributed by atoms with Crippen molar-refractivity contribution >= 4 is 23.6 Å². The first kappa shape index (κ1) is 32.2. The minimum absolute atomic E-state index is 0.115. The number of urea groups is 1. The number of carbonyl (C=O) groups is 3. The van der Waals surface area contributed by atoms with Gasteiger partial charge in [0.25, 0.3) is 0 Å². The molecule has 3 amide bonds. The maximum Gasteiger partial charge on any atom is 0.329 e. The van der Waals surface area contributed by atoms with E-state index in [9.17, 15) is 14.4 Å². The molecule has 2 unspecified atom stereocenters. The van der Waals surface area contributed by atoms with Gasteiger partial charge in [-0.3, -0.25) is 4.79 Å². The number of anilines is 1. The molecule has 0 bridgehead atoms. The summed E-state index contributed by atoms with van der Waals surface area (Å²) in [5.41, 5.74) is 2.83. The fourth-order valence-corrected chi connectivity index (χ4v) is 4.20. The highest BCUT2D eigenvalue weighted by atomic mass is 16.6. The van der Waals surface area contributed by atoms with E-state index in [0.717, 1.165) is 16.7 Å². The Morgan fingerprint density at radius 2 is 1.43 bits per heavy atom. The van der Waals surface area contributed by atoms with Crippen LogP contribution < -0.4 is 20.7 Å². The molecule has 3 N–H and O–H groups in total. The van der Waals surface area contributed by atoms with Crippen molar-refractivity contribution in [2.24, 2.45) is 5.92 Å². The number of rotatable bonds is 12. The van der Waals surface area contributed by atoms with Gasteiger partial charge in [-0.15, -0.1) is 0 Å². The topological polar surface area (TPSA) is 106 Å². The van der Waals surface area contributed by atoms with E-state index < -0.39 is 35.6 Å². The maximum absolute atomic E-state index is 13.5. The third-order valence-corrected chi connectivity index (χ3v) is 6.26. The van der Waals surface area contributed by atoms with Crippen molar-refractivity contribution in [2.45, 2.75) is 78.7 Å². The van der Waals surface area contributed by atoms with E-state index >= 15 is 0 Å². The number of esters is 1. The van der Waals surface area contributed by atoms with Crippen LogP contribution in [0.25, 0.3) is 0 Å². The Labute approximate surface area is 249 Å². The van der Waals surface area contributed by atoms with Gasteiger partial charge in [-0.2, -0.15) is 0 Å². The smallest absolute Gasteiger partial charge is 0.329 e. The van der Waals surface area contributed by atoms with Crippen LogP contribution >= 0.6 is 0 Å². The van der Waals surface area contributed by atoms with Crippen molar-refractivity contribution < 1.29 is 23.9 Å². The monoisotopic (exact) mass is 573 g/mol. The van der Waals surface area contributed by atoms with Crippen LogP contribution in [0.4, 0.5) is 10.5 Å². The molecule has 0 aliphatic rings. The Kier molecular flexibility index (Phi) is 11.5. The number of amides is 3. The van der Waals surface area contributed by atoms with Gasteiger partial charge >= 0.3 is 12.0 Å². The number of aryl methyl sites for hydroxylation is 1. The summed E-state index contributed by atoms with van der Waals surface area (Å²) >= 11 is 0. The zero-order chi connectivity index (χ0) is 30.7. The molecule has 0 aliphatic carbocycles. The Morgan fingerprint density at radius 3 is 2.02 bits per heavy atom. The van der Waals surface area contributed by atoms with Crippen molar-refractivity contribution in [3.05, 3.63) is 95.6 Å². The lowest BCUT2D eigenvalue weighted by atomic mass is 10.0. The van der Waals surface area contributed by atoms with Crippen molar-refractivity contribution in [1.29, 1.82) is 0 Å². The fourth-order valence-electron chi connectivity index (χ4n) is 4.20. The van der Waals surface area contributed by atoms with E-state index in [1.54, 1.807) is 32.9 Å². The van der Waals surface area contributed by atoms with Gasteiger partial charge in [-0.05, 0) is 75.4 Å². The van der Waals surface area contributed by atoms with Crippen molar-refractivity contribution in [3.63, 3.8) is 0 Å². The summed E-state index contributed by atoms with van der Waals surface area (Å²) in [5.74, 6) is -0.195. The predicted molar refractivity (Wildman–Crippen MR) is 165 cm³/mol. The first-order chi connectivity index (χ1) is 19.9. The summed E-state index contributed by atoms with van der Waals surface area (Å²) < 4.78 is 11.5. The highest BCUT2D eigenvalue weighted by Gasteiger charge is 2.30. The van der Waals surface area contributed by atoms with Gasteiger partial charge in [0.15, 0.2) is 0 Å². The Hall–Kier alpha value is -4.33. The van der Waals surface area contributed by atoms with Crippen molar-refractivity contribution in [2.75, 3.05) is 5.32 Å². The zero-order valence-corrected chi connectivity index (χ0v) is 25.4. The molecule has 3 rings (SSSR count). The van der Waals surface area contributed by atoms with Gasteiger partial charge in [0.1, 0.15) is 30.0 Å². The van der Waals surface area contributed by atoms with E-state index in [1.807, 2.05) is 87.5 Å². The largest absolute Gasteiger partial charge is 0.489 e. The standard InChI is InChI=1S/C34H43N3O5/c1-23(2)20-29(37-33(40)35-27-16-12-24(3)13-17-27)31(38)36-30(32(39)42-34(4,5)6)21-25-14-18-28(19-15-25)41-22-26-10-8-7-9-11-26/h7-19,23,29-30H,20-22H2,1-6H3,(H,36,38)(H2,35,37,40). The Morgan fingerprint density at radius 1 is 0.786 bits per heavy atom. The molecule has 42 heavy (non-hydrogen) atoms. The van der Waals surface area contributed by atoms with E-state index in [2.05, 4.69) is 16.0 Å². The average molecular weight is 574 g/mol. The van der Waals surface area contributed by atoms with E-state index in [4.69, 9.17) is 9.47 Å². The molecule has 3 aromatic carbocycles. The van der Waals surface area contributed by atoms with Gasteiger partial charge in [-0.25, -0.2) is 9.59 Å². The quantitative estimate of drug-likeness (QED) is 0.225. The van der Waals surface area contributed by atoms with Crippen LogP contribution in [0.2, 0.25) is 0 Å². The summed E-state index contributed by atoms with van der Waals surface area (Å²) in [6.07, 6.45) is 0.602. The first-order valence-corrected chi connectivity index (χ1v) is 14.3. The summed E-state index contributed by atoms with van der Waals surface area (Å²) in [5, 5.41) is 8.38. The van der Waals surface area contributed by atoms with Crippen LogP contribution in [0.1, 0.15) is 57.7 Å². The molecular weight excluding hydrogens is 530 g/mol. The van der Waals surface area contributed by atoms with Crippen LogP contribution in [0.15, 0.2) is 78.9 Å². The third-order valence-electron chi connectivity index (χ3n) is 6.26. The van der Waals surface area contributed by atoms with Crippen LogP contribution in [0.3, 0.4) is 0 Å². The molecule has 0 fully saturated rings. The summed E-state index contributed by atoms with van der Waals surface area (Å²) in [6.45, 7) is 11.7. The van der Waals surface area contributed by atoms with Crippen molar-refractivity contribution in [1.82, 2.24) is 10.6 Å². The molecule has 224 valence electrons. The summed E-state index contributed by atoms with van der Waals surface area (Å²) in [4.78, 5) is 39.4. The second-order valence-corrected chi connectivity index (χ2v) is 11.9. The van der Waals surface area contributed by atoms with Crippen LogP contribution in [-0.2, 0) is 27.4 Å². The van der Waals surface area contributed by atoms with E-state index in [1.165, 1.54) is 0 Å². The number of hydrogen-bond donors (Lipinski definition) is 3. The average Bonchev–Trinajstić information content (AvgIpc) is 2.92. The van der Waals surface area contributed by atoms with Gasteiger partial charge in [0, 0.05) is 12.1 Å². The second-order valence-electron chi connectivity index (χ2n) is 11.9. The molecule has 2 atom stereocenters. The number of hydrogen-bond acceptors (Lipinski definition) is 5. The molecule has 0 spiro atoms. The maximum atomic E-state index is 13.5. The minimum Gasteiger partial charge on any atom is -0.489 e. The fraction of sp³-hybridized carbons (Fsp3) is 0.382. The van der Waals surface area contributed by atoms with Gasteiger partial charge in [0.2, 0.25) is 5.91 Å². The van der Waals surface area contributed by atoms with Crippen molar-refractivity contribution in [3.8, 4) is 5.75 Å². The molecule has 0 heterocycles. The number of nitrogens with one attached hydrogen (secondary N) is 3. The molecule has 0 aliphatic heterocycles. The van der Waals surface area contributed by atoms with Crippen LogP contribution in [0, 0.1) is 12.8 Å². The molecule has 8 nitrogen and oxygen atoms in total. The lowest BCUT2D eigenvalue weighted by Crippen LogP contribution is -2.54. The lowest BCUT2D eigenvalue weighted by Gasteiger charge is -2.27. The Bertz CT molecular complexity index is 1300. The molecule has 0 radical (unpaired) electrons. The molecular formula is C34H43N3O5. The molecule has 0 saturated heterocycles. The number of carbonyl (C=O) groups excluding carboxylic acids is 3. The normalized spacial score (nSPS) is 12.6. The second kappa shape index (κ2) is 15.1. The van der Waals surface area contributed by atoms with E-state index in [-0.39, 0.29) is 12.3 Å². The number of benzene rings is 3. The zero-order valence-electron chi connectivity index (χ0n) is 25.4. The Balaban J connectivity index is 1.70. The summed E-state index contributed by atoms with van der Waals surface area (Å²) in [6, 6.07) is 22.3. The van der Waals surface area contributed by atoms with Crippen LogP contribution in [0.5, 0.6) is 5.75 Å². The SMILES string of the molecule is Cc1ccc(NC(=O)NC(CC(C)C)C(=O)NC(Cc2ccc(OCc3ccccc3)cc2)C(=O)OC(C)(C)C)cc1.